The molecule has 0 atom stereocenters. The van der Waals surface area contributed by atoms with Crippen LogP contribution < -0.4 is 10.6 Å². The molecule has 0 radical (unpaired) electrons. The molecule has 28 heavy (non-hydrogen) atoms. The number of rotatable bonds is 6. The number of aromatic nitrogens is 2. The van der Waals surface area contributed by atoms with Crippen LogP contribution in [0.4, 0.5) is 15.2 Å². The summed E-state index contributed by atoms with van der Waals surface area (Å²) < 4.78 is 13.8. The number of thioether (sulfide) groups is 1. The van der Waals surface area contributed by atoms with Crippen LogP contribution in [0.5, 0.6) is 0 Å². The number of hydrogen-bond acceptors (Lipinski definition) is 6. The van der Waals surface area contributed by atoms with E-state index in [1.54, 1.807) is 0 Å². The van der Waals surface area contributed by atoms with Crippen LogP contribution in [-0.4, -0.2) is 27.8 Å². The Labute approximate surface area is 169 Å². The summed E-state index contributed by atoms with van der Waals surface area (Å²) in [5, 5.41) is 13.6. The van der Waals surface area contributed by atoms with E-state index in [2.05, 4.69) is 20.8 Å². The summed E-state index contributed by atoms with van der Waals surface area (Å²) in [6, 6.07) is 11.1. The average Bonchev–Trinajstić information content (AvgIpc) is 3.11. The molecule has 3 aromatic rings. The van der Waals surface area contributed by atoms with E-state index in [4.69, 9.17) is 0 Å². The molecular weight excluding hydrogens is 399 g/mol. The molecule has 2 aromatic carbocycles. The van der Waals surface area contributed by atoms with Crippen molar-refractivity contribution >= 4 is 45.7 Å². The maximum Gasteiger partial charge on any atom is 0.257 e. The number of anilines is 2. The highest BCUT2D eigenvalue weighted by Gasteiger charge is 2.13. The van der Waals surface area contributed by atoms with E-state index in [9.17, 15) is 14.0 Å². The fraction of sp³-hybridized carbons (Fsp3) is 0.158. The van der Waals surface area contributed by atoms with Crippen molar-refractivity contribution in [3.05, 3.63) is 65.0 Å². The van der Waals surface area contributed by atoms with Gasteiger partial charge in [-0.2, -0.15) is 0 Å². The van der Waals surface area contributed by atoms with E-state index in [-0.39, 0.29) is 22.4 Å². The molecular formula is C19H17FN4O2S2. The molecule has 0 unspecified atom stereocenters. The number of carbonyl (C=O) groups excluding carboxylic acids is 2. The summed E-state index contributed by atoms with van der Waals surface area (Å²) in [5.74, 6) is -0.949. The number of halogens is 1. The first-order valence-electron chi connectivity index (χ1n) is 8.31. The first-order valence-corrected chi connectivity index (χ1v) is 10.1. The van der Waals surface area contributed by atoms with Crippen molar-refractivity contribution in [1.82, 2.24) is 10.2 Å². The standard InChI is InChI=1S/C19H17FN4O2S2/c1-11-5-3-8-15(12(11)2)21-16(25)10-27-19-24-23-18(28-19)22-17(26)13-6-4-7-14(20)9-13/h3-9H,10H2,1-2H3,(H,21,25)(H,22,23,26). The zero-order valence-corrected chi connectivity index (χ0v) is 16.8. The summed E-state index contributed by atoms with van der Waals surface area (Å²) in [6.45, 7) is 3.94. The summed E-state index contributed by atoms with van der Waals surface area (Å²) in [4.78, 5) is 24.3. The summed E-state index contributed by atoms with van der Waals surface area (Å²) in [6.07, 6.45) is 0. The largest absolute Gasteiger partial charge is 0.325 e. The first-order chi connectivity index (χ1) is 13.4. The van der Waals surface area contributed by atoms with Crippen molar-refractivity contribution in [3.8, 4) is 0 Å². The van der Waals surface area contributed by atoms with E-state index in [0.29, 0.717) is 4.34 Å². The molecule has 0 aliphatic heterocycles. The third-order valence-electron chi connectivity index (χ3n) is 3.92. The summed E-state index contributed by atoms with van der Waals surface area (Å²) in [7, 11) is 0. The van der Waals surface area contributed by atoms with E-state index in [1.165, 1.54) is 30.0 Å². The molecule has 9 heteroatoms. The Kier molecular flexibility index (Phi) is 6.37. The fourth-order valence-corrected chi connectivity index (χ4v) is 3.86. The zero-order valence-electron chi connectivity index (χ0n) is 15.2. The van der Waals surface area contributed by atoms with Gasteiger partial charge in [-0.25, -0.2) is 4.39 Å². The van der Waals surface area contributed by atoms with Gasteiger partial charge in [0.15, 0.2) is 4.34 Å². The maximum absolute atomic E-state index is 13.2. The Morgan fingerprint density at radius 3 is 2.68 bits per heavy atom. The number of nitrogens with zero attached hydrogens (tertiary/aromatic N) is 2. The van der Waals surface area contributed by atoms with Crippen LogP contribution in [0.1, 0.15) is 21.5 Å². The molecule has 0 saturated carbocycles. The second-order valence-corrected chi connectivity index (χ2v) is 8.12. The highest BCUT2D eigenvalue weighted by molar-refractivity contribution is 8.01. The first kappa shape index (κ1) is 20.0. The Bertz CT molecular complexity index is 1020. The minimum Gasteiger partial charge on any atom is -0.325 e. The van der Waals surface area contributed by atoms with E-state index in [0.717, 1.165) is 34.2 Å². The van der Waals surface area contributed by atoms with Crippen molar-refractivity contribution in [3.63, 3.8) is 0 Å². The normalized spacial score (nSPS) is 10.5. The molecule has 0 fully saturated rings. The van der Waals surface area contributed by atoms with Crippen LogP contribution in [0, 0.1) is 19.7 Å². The van der Waals surface area contributed by atoms with Crippen molar-refractivity contribution in [2.24, 2.45) is 0 Å². The Hall–Kier alpha value is -2.78. The number of aryl methyl sites for hydroxylation is 1. The van der Waals surface area contributed by atoms with E-state index in [1.807, 2.05) is 32.0 Å². The van der Waals surface area contributed by atoms with Crippen LogP contribution in [0.3, 0.4) is 0 Å². The van der Waals surface area contributed by atoms with Crippen molar-refractivity contribution < 1.29 is 14.0 Å². The van der Waals surface area contributed by atoms with Crippen molar-refractivity contribution in [2.45, 2.75) is 18.2 Å². The maximum atomic E-state index is 13.2. The highest BCUT2D eigenvalue weighted by atomic mass is 32.2. The molecule has 1 aromatic heterocycles. The second-order valence-electron chi connectivity index (χ2n) is 5.92. The fourth-order valence-electron chi connectivity index (χ4n) is 2.32. The predicted octanol–water partition coefficient (Wildman–Crippen LogP) is 4.28. The number of nitrogens with one attached hydrogen (secondary N) is 2. The van der Waals surface area contributed by atoms with Gasteiger partial charge < -0.3 is 5.32 Å². The predicted molar refractivity (Wildman–Crippen MR) is 110 cm³/mol. The zero-order chi connectivity index (χ0) is 20.1. The van der Waals surface area contributed by atoms with Crippen LogP contribution in [0.25, 0.3) is 0 Å². The molecule has 0 bridgehead atoms. The topological polar surface area (TPSA) is 84.0 Å². The number of amides is 2. The third-order valence-corrected chi connectivity index (χ3v) is 5.89. The van der Waals surface area contributed by atoms with E-state index >= 15 is 0 Å². The van der Waals surface area contributed by atoms with Gasteiger partial charge in [0.25, 0.3) is 5.91 Å². The van der Waals surface area contributed by atoms with Gasteiger partial charge in [0.05, 0.1) is 5.75 Å². The Morgan fingerprint density at radius 2 is 1.89 bits per heavy atom. The van der Waals surface area contributed by atoms with Crippen LogP contribution in [-0.2, 0) is 4.79 Å². The Balaban J connectivity index is 1.54. The van der Waals surface area contributed by atoms with Crippen molar-refractivity contribution in [1.29, 1.82) is 0 Å². The molecule has 0 spiro atoms. The third kappa shape index (κ3) is 5.14. The van der Waals surface area contributed by atoms with Gasteiger partial charge in [-0.1, -0.05) is 41.3 Å². The van der Waals surface area contributed by atoms with Gasteiger partial charge >= 0.3 is 0 Å². The molecule has 1 heterocycles. The Morgan fingerprint density at radius 1 is 1.11 bits per heavy atom. The molecule has 2 amide bonds. The number of hydrogen-bond donors (Lipinski definition) is 2. The molecule has 0 saturated heterocycles. The van der Waals surface area contributed by atoms with Crippen LogP contribution >= 0.6 is 23.1 Å². The monoisotopic (exact) mass is 416 g/mol. The minimum atomic E-state index is -0.490. The van der Waals surface area contributed by atoms with Gasteiger partial charge in [-0.05, 0) is 49.2 Å². The lowest BCUT2D eigenvalue weighted by Crippen LogP contribution is -2.15. The molecule has 144 valence electrons. The van der Waals surface area contributed by atoms with Crippen LogP contribution in [0.15, 0.2) is 46.8 Å². The van der Waals surface area contributed by atoms with Gasteiger partial charge in [0.1, 0.15) is 5.82 Å². The number of carbonyl (C=O) groups is 2. The lowest BCUT2D eigenvalue weighted by molar-refractivity contribution is -0.113. The average molecular weight is 417 g/mol. The molecule has 0 aliphatic carbocycles. The van der Waals surface area contributed by atoms with Gasteiger partial charge in [-0.15, -0.1) is 10.2 Å². The van der Waals surface area contributed by atoms with E-state index < -0.39 is 11.7 Å². The molecule has 6 nitrogen and oxygen atoms in total. The summed E-state index contributed by atoms with van der Waals surface area (Å²) >= 11 is 2.37. The number of benzene rings is 2. The smallest absolute Gasteiger partial charge is 0.257 e. The molecule has 0 aliphatic rings. The molecule has 2 N–H and O–H groups in total. The minimum absolute atomic E-state index is 0.153. The van der Waals surface area contributed by atoms with Crippen molar-refractivity contribution in [2.75, 3.05) is 16.4 Å². The highest BCUT2D eigenvalue weighted by Crippen LogP contribution is 2.26. The second kappa shape index (κ2) is 8.94. The lowest BCUT2D eigenvalue weighted by Gasteiger charge is -2.09. The van der Waals surface area contributed by atoms with Gasteiger partial charge in [0, 0.05) is 11.3 Å². The van der Waals surface area contributed by atoms with Gasteiger partial charge in [-0.3, -0.25) is 14.9 Å². The molecule has 3 rings (SSSR count). The summed E-state index contributed by atoms with van der Waals surface area (Å²) in [5.41, 5.74) is 3.11. The van der Waals surface area contributed by atoms with Gasteiger partial charge in [0.2, 0.25) is 11.0 Å². The SMILES string of the molecule is Cc1cccc(NC(=O)CSc2nnc(NC(=O)c3cccc(F)c3)s2)c1C. The van der Waals surface area contributed by atoms with Crippen LogP contribution in [0.2, 0.25) is 0 Å². The lowest BCUT2D eigenvalue weighted by atomic mass is 10.1. The quantitative estimate of drug-likeness (QED) is 0.463.